The third kappa shape index (κ3) is 2.95. The monoisotopic (exact) mass is 403 g/mol. The molecule has 0 saturated carbocycles. The molecule has 2 aromatic carbocycles. The molecule has 0 spiro atoms. The van der Waals surface area contributed by atoms with E-state index in [4.69, 9.17) is 11.6 Å². The quantitative estimate of drug-likeness (QED) is 0.524. The van der Waals surface area contributed by atoms with E-state index in [-0.39, 0.29) is 17.5 Å². The number of nitrogens with zero attached hydrogens (tertiary/aromatic N) is 1. The number of hydrogen-bond donors (Lipinski definition) is 2. The average molecular weight is 404 g/mol. The number of nitrogens with one attached hydrogen (secondary N) is 2. The Morgan fingerprint density at radius 2 is 1.83 bits per heavy atom. The number of aromatic amines is 2. The highest BCUT2D eigenvalue weighted by molar-refractivity contribution is 6.31. The van der Waals surface area contributed by atoms with Crippen molar-refractivity contribution >= 4 is 28.4 Å². The van der Waals surface area contributed by atoms with Gasteiger partial charge in [0, 0.05) is 40.4 Å². The van der Waals surface area contributed by atoms with Crippen LogP contribution in [0.1, 0.15) is 33.2 Å². The van der Waals surface area contributed by atoms with Crippen LogP contribution >= 0.6 is 11.6 Å². The predicted octanol–water partition coefficient (Wildman–Crippen LogP) is 4.30. The van der Waals surface area contributed by atoms with Gasteiger partial charge in [-0.15, -0.1) is 0 Å². The molecular formula is C23H18ClN3O2. The van der Waals surface area contributed by atoms with E-state index in [1.165, 1.54) is 23.2 Å². The summed E-state index contributed by atoms with van der Waals surface area (Å²) < 4.78 is 0. The van der Waals surface area contributed by atoms with Crippen LogP contribution in [0.5, 0.6) is 0 Å². The van der Waals surface area contributed by atoms with E-state index in [1.54, 1.807) is 6.07 Å². The largest absolute Gasteiger partial charge is 0.356 e. The highest BCUT2D eigenvalue weighted by Crippen LogP contribution is 2.41. The number of para-hydroxylation sites is 1. The molecule has 2 N–H and O–H groups in total. The number of carbonyl (C=O) groups is 1. The summed E-state index contributed by atoms with van der Waals surface area (Å²) in [5.74, 6) is -0.143. The molecule has 5 nitrogen and oxygen atoms in total. The molecule has 0 bridgehead atoms. The second-order valence-electron chi connectivity index (χ2n) is 7.18. The number of H-pyrrole nitrogens is 2. The Hall–Kier alpha value is -3.31. The van der Waals surface area contributed by atoms with Crippen molar-refractivity contribution in [2.24, 2.45) is 0 Å². The number of fused-ring (bicyclic) bond motifs is 3. The van der Waals surface area contributed by atoms with Crippen molar-refractivity contribution in [1.82, 2.24) is 14.9 Å². The molecule has 6 heteroatoms. The second-order valence-corrected chi connectivity index (χ2v) is 7.58. The van der Waals surface area contributed by atoms with Gasteiger partial charge in [0.15, 0.2) is 0 Å². The lowest BCUT2D eigenvalue weighted by atomic mass is 9.91. The van der Waals surface area contributed by atoms with E-state index >= 15 is 0 Å². The number of benzene rings is 2. The first-order valence-electron chi connectivity index (χ1n) is 9.47. The molecular weight excluding hydrogens is 386 g/mol. The topological polar surface area (TPSA) is 69.0 Å². The number of carbonyl (C=O) groups excluding carboxylic acids is 1. The van der Waals surface area contributed by atoms with E-state index in [2.05, 4.69) is 16.0 Å². The Morgan fingerprint density at radius 1 is 1.03 bits per heavy atom. The minimum atomic E-state index is -0.334. The molecule has 1 amide bonds. The lowest BCUT2D eigenvalue weighted by molar-refractivity contribution is 0.0691. The Morgan fingerprint density at radius 3 is 2.62 bits per heavy atom. The zero-order valence-electron chi connectivity index (χ0n) is 15.5. The molecule has 0 fully saturated rings. The maximum atomic E-state index is 13.4. The molecule has 2 aromatic heterocycles. The van der Waals surface area contributed by atoms with Crippen LogP contribution in [-0.2, 0) is 6.42 Å². The van der Waals surface area contributed by atoms with Crippen LogP contribution in [0.2, 0.25) is 5.02 Å². The Kier molecular flexibility index (Phi) is 4.25. The molecule has 4 aromatic rings. The van der Waals surface area contributed by atoms with Gasteiger partial charge >= 0.3 is 0 Å². The Balaban J connectivity index is 1.69. The van der Waals surface area contributed by atoms with Crippen molar-refractivity contribution < 1.29 is 4.79 Å². The van der Waals surface area contributed by atoms with Crippen LogP contribution in [0.3, 0.4) is 0 Å². The fourth-order valence-electron chi connectivity index (χ4n) is 4.19. The predicted molar refractivity (Wildman–Crippen MR) is 113 cm³/mol. The molecule has 0 unspecified atom stereocenters. The number of pyridine rings is 1. The van der Waals surface area contributed by atoms with Crippen LogP contribution in [0, 0.1) is 0 Å². The lowest BCUT2D eigenvalue weighted by Gasteiger charge is -2.36. The second kappa shape index (κ2) is 6.94. The van der Waals surface area contributed by atoms with Gasteiger partial charge in [-0.3, -0.25) is 9.59 Å². The smallest absolute Gasteiger partial charge is 0.256 e. The molecule has 1 atom stereocenters. The summed E-state index contributed by atoms with van der Waals surface area (Å²) in [5.41, 5.74) is 4.34. The molecule has 144 valence electrons. The molecule has 0 saturated heterocycles. The van der Waals surface area contributed by atoms with Gasteiger partial charge in [-0.2, -0.15) is 0 Å². The summed E-state index contributed by atoms with van der Waals surface area (Å²) in [4.78, 5) is 32.7. The van der Waals surface area contributed by atoms with E-state index in [1.807, 2.05) is 47.4 Å². The van der Waals surface area contributed by atoms with E-state index in [0.29, 0.717) is 17.1 Å². The normalized spacial score (nSPS) is 16.0. The SMILES string of the molecule is O=C(c1ccc(=O)[nH]c1)N1CCc2c([nH]c3ccccc23)[C@H]1c1ccccc1Cl. The maximum absolute atomic E-state index is 13.4. The van der Waals surface area contributed by atoms with E-state index in [0.717, 1.165) is 23.2 Å². The number of halogens is 1. The minimum absolute atomic E-state index is 0.143. The Labute approximate surface area is 171 Å². The molecule has 1 aliphatic heterocycles. The fraction of sp³-hybridized carbons (Fsp3) is 0.130. The van der Waals surface area contributed by atoms with Crippen molar-refractivity contribution in [1.29, 1.82) is 0 Å². The first kappa shape index (κ1) is 17.8. The summed E-state index contributed by atoms with van der Waals surface area (Å²) in [6, 6.07) is 18.4. The van der Waals surface area contributed by atoms with Crippen molar-refractivity contribution in [3.05, 3.63) is 105 Å². The molecule has 0 aliphatic carbocycles. The van der Waals surface area contributed by atoms with Crippen LogP contribution in [0.25, 0.3) is 10.9 Å². The average Bonchev–Trinajstić information content (AvgIpc) is 3.12. The van der Waals surface area contributed by atoms with Crippen molar-refractivity contribution in [2.75, 3.05) is 6.54 Å². The first-order chi connectivity index (χ1) is 14.1. The number of rotatable bonds is 2. The van der Waals surface area contributed by atoms with Gasteiger partial charge in [0.1, 0.15) is 0 Å². The molecule has 0 radical (unpaired) electrons. The zero-order valence-corrected chi connectivity index (χ0v) is 16.2. The summed E-state index contributed by atoms with van der Waals surface area (Å²) in [7, 11) is 0. The van der Waals surface area contributed by atoms with Gasteiger partial charge < -0.3 is 14.9 Å². The van der Waals surface area contributed by atoms with Crippen molar-refractivity contribution in [3.63, 3.8) is 0 Å². The van der Waals surface area contributed by atoms with Crippen molar-refractivity contribution in [2.45, 2.75) is 12.5 Å². The van der Waals surface area contributed by atoms with Gasteiger partial charge in [-0.05, 0) is 35.7 Å². The molecule has 3 heterocycles. The highest BCUT2D eigenvalue weighted by Gasteiger charge is 2.35. The van der Waals surface area contributed by atoms with Gasteiger partial charge in [-0.25, -0.2) is 0 Å². The van der Waals surface area contributed by atoms with E-state index in [9.17, 15) is 9.59 Å². The third-order valence-corrected chi connectivity index (χ3v) is 5.87. The van der Waals surface area contributed by atoms with Crippen LogP contribution in [0.4, 0.5) is 0 Å². The van der Waals surface area contributed by atoms with Crippen LogP contribution in [0.15, 0.2) is 71.7 Å². The number of amides is 1. The number of aromatic nitrogens is 2. The molecule has 1 aliphatic rings. The third-order valence-electron chi connectivity index (χ3n) is 5.53. The lowest BCUT2D eigenvalue weighted by Crippen LogP contribution is -2.41. The summed E-state index contributed by atoms with van der Waals surface area (Å²) in [5, 5.41) is 1.79. The van der Waals surface area contributed by atoms with Gasteiger partial charge in [0.25, 0.3) is 5.91 Å². The summed E-state index contributed by atoms with van der Waals surface area (Å²) in [6.07, 6.45) is 2.21. The molecule has 5 rings (SSSR count). The minimum Gasteiger partial charge on any atom is -0.356 e. The highest BCUT2D eigenvalue weighted by atomic mass is 35.5. The fourth-order valence-corrected chi connectivity index (χ4v) is 4.43. The van der Waals surface area contributed by atoms with Crippen LogP contribution in [-0.4, -0.2) is 27.3 Å². The maximum Gasteiger partial charge on any atom is 0.256 e. The van der Waals surface area contributed by atoms with Gasteiger partial charge in [-0.1, -0.05) is 48.0 Å². The van der Waals surface area contributed by atoms with E-state index < -0.39 is 0 Å². The first-order valence-corrected chi connectivity index (χ1v) is 9.85. The zero-order chi connectivity index (χ0) is 20.0. The summed E-state index contributed by atoms with van der Waals surface area (Å²) >= 11 is 6.56. The van der Waals surface area contributed by atoms with Crippen molar-refractivity contribution in [3.8, 4) is 0 Å². The summed E-state index contributed by atoms with van der Waals surface area (Å²) in [6.45, 7) is 0.558. The number of hydrogen-bond acceptors (Lipinski definition) is 2. The standard InChI is InChI=1S/C23H18ClN3O2/c24-18-7-3-1-6-17(18)22-21-16(15-5-2-4-8-19(15)26-21)11-12-27(22)23(29)14-9-10-20(28)25-13-14/h1-10,13,22,26H,11-12H2,(H,25,28)/t22-/m1/s1. The van der Waals surface area contributed by atoms with Crippen LogP contribution < -0.4 is 5.56 Å². The van der Waals surface area contributed by atoms with Gasteiger partial charge in [0.2, 0.25) is 5.56 Å². The molecule has 29 heavy (non-hydrogen) atoms. The Bertz CT molecular complexity index is 1270. The van der Waals surface area contributed by atoms with Gasteiger partial charge in [0.05, 0.1) is 11.6 Å².